The van der Waals surface area contributed by atoms with Crippen molar-refractivity contribution in [3.63, 3.8) is 0 Å². The van der Waals surface area contributed by atoms with E-state index in [4.69, 9.17) is 5.73 Å². The van der Waals surface area contributed by atoms with Crippen LogP contribution in [0.4, 0.5) is 0 Å². The molecule has 3 amide bonds. The van der Waals surface area contributed by atoms with Crippen molar-refractivity contribution in [1.82, 2.24) is 25.9 Å². The zero-order chi connectivity index (χ0) is 25.8. The molecular weight excluding hydrogens is 460 g/mol. The lowest BCUT2D eigenvalue weighted by Crippen LogP contribution is -2.58. The van der Waals surface area contributed by atoms with Crippen LogP contribution in [0.5, 0.6) is 0 Å². The zero-order valence-electron chi connectivity index (χ0n) is 20.5. The quantitative estimate of drug-likeness (QED) is 0.199. The molecule has 0 aliphatic rings. The van der Waals surface area contributed by atoms with Gasteiger partial charge in [-0.15, -0.1) is 0 Å². The number of nitrogens with zero attached hydrogens (tertiary/aromatic N) is 1. The fraction of sp³-hybridized carbons (Fsp3) is 0.682. The largest absolute Gasteiger partial charge is 0.480 e. The number of amides is 3. The molecule has 4 unspecified atom stereocenters. The maximum absolute atomic E-state index is 13.0. The van der Waals surface area contributed by atoms with Gasteiger partial charge < -0.3 is 31.8 Å². The highest BCUT2D eigenvalue weighted by Gasteiger charge is 2.31. The van der Waals surface area contributed by atoms with Crippen LogP contribution in [0.25, 0.3) is 0 Å². The fourth-order valence-corrected chi connectivity index (χ4v) is 3.74. The van der Waals surface area contributed by atoms with Crippen LogP contribution in [0, 0.1) is 11.8 Å². The Bertz CT molecular complexity index is 802. The zero-order valence-corrected chi connectivity index (χ0v) is 21.3. The number of nitrogens with two attached hydrogens (primary N) is 1. The summed E-state index contributed by atoms with van der Waals surface area (Å²) in [5.41, 5.74) is 6.50. The molecule has 0 aromatic carbocycles. The van der Waals surface area contributed by atoms with E-state index in [1.807, 2.05) is 20.1 Å². The first-order chi connectivity index (χ1) is 16.0. The molecule has 1 heterocycles. The lowest BCUT2D eigenvalue weighted by Gasteiger charge is -2.27. The van der Waals surface area contributed by atoms with Crippen LogP contribution >= 0.6 is 11.8 Å². The Labute approximate surface area is 204 Å². The van der Waals surface area contributed by atoms with Crippen LogP contribution in [0.15, 0.2) is 12.5 Å². The fourth-order valence-electron chi connectivity index (χ4n) is 3.26. The predicted octanol–water partition coefficient (Wildman–Crippen LogP) is 0.274. The number of thioether (sulfide) groups is 1. The molecule has 7 N–H and O–H groups in total. The van der Waals surface area contributed by atoms with Gasteiger partial charge in [0, 0.05) is 18.3 Å². The third-order valence-corrected chi connectivity index (χ3v) is 5.79. The first-order valence-corrected chi connectivity index (χ1v) is 12.7. The molecule has 11 nitrogen and oxygen atoms in total. The lowest BCUT2D eigenvalue weighted by atomic mass is 10.00. The third kappa shape index (κ3) is 10.1. The van der Waals surface area contributed by atoms with Crippen molar-refractivity contribution in [2.45, 2.75) is 71.1 Å². The Kier molecular flexibility index (Phi) is 12.7. The Morgan fingerprint density at radius 3 is 2.21 bits per heavy atom. The van der Waals surface area contributed by atoms with E-state index in [1.54, 1.807) is 13.8 Å². The molecule has 192 valence electrons. The van der Waals surface area contributed by atoms with Crippen LogP contribution in [0.3, 0.4) is 0 Å². The number of carbonyl (C=O) groups is 4. The van der Waals surface area contributed by atoms with E-state index in [0.29, 0.717) is 24.3 Å². The highest BCUT2D eigenvalue weighted by atomic mass is 32.2. The molecule has 0 saturated heterocycles. The van der Waals surface area contributed by atoms with Gasteiger partial charge in [0.2, 0.25) is 17.7 Å². The van der Waals surface area contributed by atoms with Crippen LogP contribution < -0.4 is 21.7 Å². The number of hydrogen-bond acceptors (Lipinski definition) is 7. The Morgan fingerprint density at radius 1 is 1.06 bits per heavy atom. The molecule has 12 heteroatoms. The summed E-state index contributed by atoms with van der Waals surface area (Å²) in [5, 5.41) is 17.4. The number of carbonyl (C=O) groups excluding carboxylic acids is 3. The molecule has 0 aliphatic heterocycles. The molecule has 0 radical (unpaired) electrons. The number of aliphatic carboxylic acids is 1. The van der Waals surface area contributed by atoms with Crippen molar-refractivity contribution >= 4 is 35.5 Å². The second-order valence-electron chi connectivity index (χ2n) is 8.99. The van der Waals surface area contributed by atoms with Crippen molar-refractivity contribution < 1.29 is 24.3 Å². The molecule has 0 fully saturated rings. The minimum atomic E-state index is -1.20. The van der Waals surface area contributed by atoms with Crippen LogP contribution in [0.1, 0.15) is 46.2 Å². The smallest absolute Gasteiger partial charge is 0.326 e. The minimum absolute atomic E-state index is 0.0166. The maximum atomic E-state index is 13.0. The summed E-state index contributed by atoms with van der Waals surface area (Å²) in [5.74, 6) is -2.25. The van der Waals surface area contributed by atoms with Crippen molar-refractivity contribution in [1.29, 1.82) is 0 Å². The van der Waals surface area contributed by atoms with E-state index in [0.717, 1.165) is 0 Å². The van der Waals surface area contributed by atoms with Crippen LogP contribution in [0.2, 0.25) is 0 Å². The van der Waals surface area contributed by atoms with Crippen molar-refractivity contribution in [2.75, 3.05) is 12.0 Å². The summed E-state index contributed by atoms with van der Waals surface area (Å²) >= 11 is 1.49. The molecule has 0 aliphatic carbocycles. The monoisotopic (exact) mass is 498 g/mol. The number of carboxylic acids is 1. The van der Waals surface area contributed by atoms with E-state index in [1.165, 1.54) is 24.3 Å². The molecule has 34 heavy (non-hydrogen) atoms. The van der Waals surface area contributed by atoms with E-state index in [9.17, 15) is 24.3 Å². The maximum Gasteiger partial charge on any atom is 0.326 e. The highest BCUT2D eigenvalue weighted by molar-refractivity contribution is 7.98. The molecule has 1 aromatic rings. The topological polar surface area (TPSA) is 179 Å². The van der Waals surface area contributed by atoms with E-state index < -0.39 is 47.9 Å². The SMILES string of the molecule is CSCCC(NC(=O)C(NC(=O)C(N)CC(C)C)C(C)C)C(=O)NC(Cc1cnc[nH]1)C(=O)O. The average Bonchev–Trinajstić information content (AvgIpc) is 3.26. The first kappa shape index (κ1) is 29.4. The summed E-state index contributed by atoms with van der Waals surface area (Å²) in [6.07, 6.45) is 5.55. The van der Waals surface area contributed by atoms with Crippen molar-refractivity contribution in [3.8, 4) is 0 Å². The van der Waals surface area contributed by atoms with Gasteiger partial charge in [0.25, 0.3) is 0 Å². The number of aromatic nitrogens is 2. The molecule has 4 atom stereocenters. The summed E-state index contributed by atoms with van der Waals surface area (Å²) in [6, 6.07) is -3.80. The number of hydrogen-bond donors (Lipinski definition) is 6. The number of imidazole rings is 1. The summed E-state index contributed by atoms with van der Waals surface area (Å²) in [6.45, 7) is 7.46. The molecule has 0 saturated carbocycles. The van der Waals surface area contributed by atoms with E-state index in [-0.39, 0.29) is 18.3 Å². The number of H-pyrrole nitrogens is 1. The summed E-state index contributed by atoms with van der Waals surface area (Å²) in [7, 11) is 0. The van der Waals surface area contributed by atoms with Gasteiger partial charge in [-0.25, -0.2) is 9.78 Å². The first-order valence-electron chi connectivity index (χ1n) is 11.3. The van der Waals surface area contributed by atoms with Gasteiger partial charge in [0.05, 0.1) is 12.4 Å². The van der Waals surface area contributed by atoms with Gasteiger partial charge in [-0.05, 0) is 36.7 Å². The molecule has 1 rings (SSSR count). The van der Waals surface area contributed by atoms with E-state index >= 15 is 0 Å². The van der Waals surface area contributed by atoms with Crippen molar-refractivity contribution in [2.24, 2.45) is 17.6 Å². The third-order valence-electron chi connectivity index (χ3n) is 5.15. The number of carboxylic acid groups (broad SMARTS) is 1. The average molecular weight is 499 g/mol. The van der Waals surface area contributed by atoms with Gasteiger partial charge in [-0.1, -0.05) is 27.7 Å². The number of aromatic amines is 1. The second kappa shape index (κ2) is 14.6. The predicted molar refractivity (Wildman–Crippen MR) is 131 cm³/mol. The van der Waals surface area contributed by atoms with Gasteiger partial charge in [0.15, 0.2) is 0 Å². The Morgan fingerprint density at radius 2 is 1.71 bits per heavy atom. The summed E-state index contributed by atoms with van der Waals surface area (Å²) in [4.78, 5) is 56.8. The normalized spacial score (nSPS) is 14.8. The summed E-state index contributed by atoms with van der Waals surface area (Å²) < 4.78 is 0. The van der Waals surface area contributed by atoms with Crippen molar-refractivity contribution in [3.05, 3.63) is 18.2 Å². The van der Waals surface area contributed by atoms with Gasteiger partial charge in [-0.2, -0.15) is 11.8 Å². The highest BCUT2D eigenvalue weighted by Crippen LogP contribution is 2.09. The molecule has 0 bridgehead atoms. The Hall–Kier alpha value is -2.60. The molecule has 0 spiro atoms. The Balaban J connectivity index is 2.91. The minimum Gasteiger partial charge on any atom is -0.480 e. The van der Waals surface area contributed by atoms with Gasteiger partial charge >= 0.3 is 5.97 Å². The van der Waals surface area contributed by atoms with Gasteiger partial charge in [-0.3, -0.25) is 14.4 Å². The molecular formula is C22H38N6O5S. The molecule has 1 aromatic heterocycles. The number of nitrogens with one attached hydrogen (secondary N) is 4. The van der Waals surface area contributed by atoms with Crippen LogP contribution in [-0.2, 0) is 25.6 Å². The van der Waals surface area contributed by atoms with Crippen LogP contribution in [-0.4, -0.2) is 74.9 Å². The standard InChI is InChI=1S/C22H38N6O5S/c1-12(2)8-15(23)19(29)28-18(13(3)4)21(31)26-16(6-7-34-5)20(30)27-17(22(32)33)9-14-10-24-11-25-14/h10-13,15-18H,6-9,23H2,1-5H3,(H,24,25)(H,26,31)(H,27,30)(H,28,29)(H,32,33). The number of rotatable bonds is 15. The van der Waals surface area contributed by atoms with Gasteiger partial charge in [0.1, 0.15) is 18.1 Å². The second-order valence-corrected chi connectivity index (χ2v) is 9.97. The van der Waals surface area contributed by atoms with E-state index in [2.05, 4.69) is 25.9 Å². The lowest BCUT2D eigenvalue weighted by molar-refractivity contribution is -0.142.